The Balaban J connectivity index is 2.29. The molecule has 0 radical (unpaired) electrons. The molecule has 1 aromatic rings. The van der Waals surface area contributed by atoms with Crippen LogP contribution in [-0.2, 0) is 10.0 Å². The third kappa shape index (κ3) is 4.08. The van der Waals surface area contributed by atoms with Gasteiger partial charge >= 0.3 is 6.36 Å². The van der Waals surface area contributed by atoms with Crippen molar-refractivity contribution in [2.45, 2.75) is 30.1 Å². The van der Waals surface area contributed by atoms with E-state index in [1.165, 1.54) is 12.1 Å². The molecular weight excluding hydrogens is 311 g/mol. The highest BCUT2D eigenvalue weighted by Gasteiger charge is 2.38. The van der Waals surface area contributed by atoms with Crippen LogP contribution >= 0.6 is 0 Å². The van der Waals surface area contributed by atoms with Crippen LogP contribution in [0.5, 0.6) is 5.75 Å². The van der Waals surface area contributed by atoms with Gasteiger partial charge < -0.3 is 9.84 Å². The number of halogens is 3. The number of aliphatic hydroxyl groups is 1. The van der Waals surface area contributed by atoms with E-state index in [0.29, 0.717) is 12.8 Å². The first kappa shape index (κ1) is 16.1. The second kappa shape index (κ2) is 5.82. The SMILES string of the molecule is O=S(=O)(c1cccc(OC(F)(F)F)c1)N(CCO)C1CC1. The normalized spacial score (nSPS) is 16.2. The van der Waals surface area contributed by atoms with Crippen LogP contribution in [0.4, 0.5) is 13.2 Å². The van der Waals surface area contributed by atoms with Gasteiger partial charge in [0.05, 0.1) is 11.5 Å². The van der Waals surface area contributed by atoms with E-state index in [1.54, 1.807) is 0 Å². The third-order valence-corrected chi connectivity index (χ3v) is 4.87. The highest BCUT2D eigenvalue weighted by molar-refractivity contribution is 7.89. The van der Waals surface area contributed by atoms with Crippen molar-refractivity contribution in [2.24, 2.45) is 0 Å². The summed E-state index contributed by atoms with van der Waals surface area (Å²) in [4.78, 5) is -0.287. The van der Waals surface area contributed by atoms with Gasteiger partial charge in [-0.3, -0.25) is 0 Å². The maximum Gasteiger partial charge on any atom is 0.573 e. The molecule has 0 bridgehead atoms. The van der Waals surface area contributed by atoms with Crippen molar-refractivity contribution in [1.29, 1.82) is 0 Å². The van der Waals surface area contributed by atoms with Gasteiger partial charge in [-0.05, 0) is 25.0 Å². The summed E-state index contributed by atoms with van der Waals surface area (Å²) in [6.07, 6.45) is -3.53. The first-order valence-electron chi connectivity index (χ1n) is 6.22. The van der Waals surface area contributed by atoms with Crippen LogP contribution in [0.15, 0.2) is 29.2 Å². The maximum atomic E-state index is 12.4. The minimum absolute atomic E-state index is 0.0860. The Kier molecular flexibility index (Phi) is 4.45. The molecule has 1 fully saturated rings. The number of sulfonamides is 1. The van der Waals surface area contributed by atoms with Crippen molar-refractivity contribution in [3.63, 3.8) is 0 Å². The van der Waals surface area contributed by atoms with Crippen LogP contribution in [0.3, 0.4) is 0 Å². The lowest BCUT2D eigenvalue weighted by molar-refractivity contribution is -0.274. The summed E-state index contributed by atoms with van der Waals surface area (Å²) < 4.78 is 66.1. The Bertz CT molecular complexity index is 599. The van der Waals surface area contributed by atoms with E-state index in [9.17, 15) is 21.6 Å². The van der Waals surface area contributed by atoms with Gasteiger partial charge in [0.2, 0.25) is 10.0 Å². The highest BCUT2D eigenvalue weighted by atomic mass is 32.2. The van der Waals surface area contributed by atoms with Crippen LogP contribution < -0.4 is 4.74 Å². The molecular formula is C12H14F3NO4S. The lowest BCUT2D eigenvalue weighted by atomic mass is 10.3. The Morgan fingerprint density at radius 1 is 1.33 bits per heavy atom. The molecule has 0 spiro atoms. The molecule has 0 unspecified atom stereocenters. The van der Waals surface area contributed by atoms with Gasteiger partial charge in [0, 0.05) is 18.7 Å². The Morgan fingerprint density at radius 2 is 2.00 bits per heavy atom. The number of benzene rings is 1. The summed E-state index contributed by atoms with van der Waals surface area (Å²) in [7, 11) is -3.95. The fourth-order valence-corrected chi connectivity index (χ4v) is 3.64. The molecule has 0 aromatic heterocycles. The van der Waals surface area contributed by atoms with E-state index in [-0.39, 0.29) is 24.1 Å². The fraction of sp³-hybridized carbons (Fsp3) is 0.500. The van der Waals surface area contributed by atoms with Crippen molar-refractivity contribution in [3.8, 4) is 5.75 Å². The average Bonchev–Trinajstić information content (AvgIpc) is 3.18. The van der Waals surface area contributed by atoms with Crippen LogP contribution in [0.25, 0.3) is 0 Å². The summed E-state index contributed by atoms with van der Waals surface area (Å²) in [6.45, 7) is -0.439. The zero-order valence-electron chi connectivity index (χ0n) is 10.9. The molecule has 9 heteroatoms. The highest BCUT2D eigenvalue weighted by Crippen LogP contribution is 2.33. The second-order valence-corrected chi connectivity index (χ2v) is 6.48. The van der Waals surface area contributed by atoms with Gasteiger partial charge in [-0.2, -0.15) is 4.31 Å². The molecule has 5 nitrogen and oxygen atoms in total. The first-order valence-corrected chi connectivity index (χ1v) is 7.66. The molecule has 2 rings (SSSR count). The van der Waals surface area contributed by atoms with E-state index < -0.39 is 22.1 Å². The van der Waals surface area contributed by atoms with E-state index in [1.807, 2.05) is 0 Å². The van der Waals surface area contributed by atoms with E-state index in [0.717, 1.165) is 16.4 Å². The van der Waals surface area contributed by atoms with Crippen LogP contribution in [0, 0.1) is 0 Å². The fourth-order valence-electron chi connectivity index (χ4n) is 1.93. The van der Waals surface area contributed by atoms with E-state index in [4.69, 9.17) is 5.11 Å². The second-order valence-electron chi connectivity index (χ2n) is 4.59. The molecule has 0 atom stereocenters. The largest absolute Gasteiger partial charge is 0.573 e. The van der Waals surface area contributed by atoms with Gasteiger partial charge in [-0.1, -0.05) is 6.07 Å². The molecule has 0 amide bonds. The van der Waals surface area contributed by atoms with Crippen molar-refractivity contribution in [3.05, 3.63) is 24.3 Å². The molecule has 1 saturated carbocycles. The van der Waals surface area contributed by atoms with E-state index >= 15 is 0 Å². The average molecular weight is 325 g/mol. The number of hydrogen-bond acceptors (Lipinski definition) is 4. The summed E-state index contributed by atoms with van der Waals surface area (Å²) in [5, 5.41) is 8.95. The zero-order chi connectivity index (χ0) is 15.7. The zero-order valence-corrected chi connectivity index (χ0v) is 11.7. The monoisotopic (exact) mass is 325 g/mol. The minimum Gasteiger partial charge on any atom is -0.406 e. The summed E-state index contributed by atoms with van der Waals surface area (Å²) in [5.74, 6) is -0.594. The molecule has 1 aromatic carbocycles. The standard InChI is InChI=1S/C12H14F3NO4S/c13-12(14,15)20-10-2-1-3-11(8-10)21(18,19)16(6-7-17)9-4-5-9/h1-3,8-9,17H,4-7H2. The Labute approximate surface area is 120 Å². The lowest BCUT2D eigenvalue weighted by Gasteiger charge is -2.21. The topological polar surface area (TPSA) is 66.8 Å². The predicted molar refractivity (Wildman–Crippen MR) is 67.1 cm³/mol. The third-order valence-electron chi connectivity index (χ3n) is 2.92. The Morgan fingerprint density at radius 3 is 2.52 bits per heavy atom. The van der Waals surface area contributed by atoms with E-state index in [2.05, 4.69) is 4.74 Å². The summed E-state index contributed by atoms with van der Waals surface area (Å²) in [6, 6.07) is 4.04. The van der Waals surface area contributed by atoms with Crippen LogP contribution in [0.2, 0.25) is 0 Å². The number of hydrogen-bond donors (Lipinski definition) is 1. The van der Waals surface area contributed by atoms with Crippen LogP contribution in [0.1, 0.15) is 12.8 Å². The number of ether oxygens (including phenoxy) is 1. The quantitative estimate of drug-likeness (QED) is 0.865. The molecule has 21 heavy (non-hydrogen) atoms. The number of nitrogens with zero attached hydrogens (tertiary/aromatic N) is 1. The van der Waals surface area contributed by atoms with Gasteiger partial charge in [0.25, 0.3) is 0 Å². The summed E-state index contributed by atoms with van der Waals surface area (Å²) in [5.41, 5.74) is 0. The Hall–Kier alpha value is -1.32. The smallest absolute Gasteiger partial charge is 0.406 e. The lowest BCUT2D eigenvalue weighted by Crippen LogP contribution is -2.35. The van der Waals surface area contributed by atoms with Crippen molar-refractivity contribution >= 4 is 10.0 Å². The van der Waals surface area contributed by atoms with Gasteiger partial charge in [0.1, 0.15) is 5.75 Å². The maximum absolute atomic E-state index is 12.4. The van der Waals surface area contributed by atoms with Crippen molar-refractivity contribution < 1.29 is 31.4 Å². The molecule has 0 saturated heterocycles. The molecule has 1 aliphatic carbocycles. The molecule has 0 heterocycles. The predicted octanol–water partition coefficient (Wildman–Crippen LogP) is 1.73. The summed E-state index contributed by atoms with van der Waals surface area (Å²) >= 11 is 0. The number of aliphatic hydroxyl groups excluding tert-OH is 1. The minimum atomic E-state index is -4.89. The van der Waals surface area contributed by atoms with Crippen molar-refractivity contribution in [1.82, 2.24) is 4.31 Å². The molecule has 0 aliphatic heterocycles. The number of rotatable bonds is 6. The van der Waals surface area contributed by atoms with Crippen LogP contribution in [-0.4, -0.2) is 43.4 Å². The number of alkyl halides is 3. The van der Waals surface area contributed by atoms with Gasteiger partial charge in [-0.25, -0.2) is 8.42 Å². The van der Waals surface area contributed by atoms with Gasteiger partial charge in [-0.15, -0.1) is 13.2 Å². The first-order chi connectivity index (χ1) is 9.74. The van der Waals surface area contributed by atoms with Crippen molar-refractivity contribution in [2.75, 3.05) is 13.2 Å². The molecule has 1 N–H and O–H groups in total. The van der Waals surface area contributed by atoms with Gasteiger partial charge in [0.15, 0.2) is 0 Å². The molecule has 118 valence electrons. The molecule has 1 aliphatic rings.